The van der Waals surface area contributed by atoms with Crippen LogP contribution in [0.3, 0.4) is 0 Å². The van der Waals surface area contributed by atoms with Crippen molar-refractivity contribution in [2.24, 2.45) is 5.92 Å². The van der Waals surface area contributed by atoms with Crippen LogP contribution in [-0.4, -0.2) is 43.4 Å². The minimum absolute atomic E-state index is 0.00473. The molecule has 0 aromatic heterocycles. The van der Waals surface area contributed by atoms with Crippen molar-refractivity contribution in [2.75, 3.05) is 26.6 Å². The number of hydrogen-bond acceptors (Lipinski definition) is 9. The zero-order valence-electron chi connectivity index (χ0n) is 26.1. The van der Waals surface area contributed by atoms with Crippen LogP contribution in [0.4, 0.5) is 5.69 Å². The quantitative estimate of drug-likeness (QED) is 0.113. The number of fused-ring (bicyclic) bond motifs is 1. The number of phenolic OH excluding ortho intramolecular Hbond substituents is 2. The van der Waals surface area contributed by atoms with Gasteiger partial charge in [0.05, 0.1) is 43.7 Å². The highest BCUT2D eigenvalue weighted by atomic mass is 16.5. The van der Waals surface area contributed by atoms with E-state index in [4.69, 9.17) is 14.2 Å². The molecule has 232 valence electrons. The smallest absolute Gasteiger partial charge is 0.194 e. The molecule has 0 spiro atoms. The number of carbonyl (C=O) groups excluding carboxylic acids is 1. The summed E-state index contributed by atoms with van der Waals surface area (Å²) in [5.41, 5.74) is 1.09. The van der Waals surface area contributed by atoms with E-state index in [1.165, 1.54) is 40.4 Å². The molecule has 45 heavy (non-hydrogen) atoms. The van der Waals surface area contributed by atoms with Gasteiger partial charge < -0.3 is 29.7 Å². The number of phenols is 2. The number of anilines is 1. The first-order chi connectivity index (χ1) is 21.5. The molecule has 0 aliphatic heterocycles. The Labute approximate surface area is 258 Å². The second kappa shape index (κ2) is 10.1. The van der Waals surface area contributed by atoms with Gasteiger partial charge in [0.2, 0.25) is 0 Å². The molecule has 2 aliphatic rings. The minimum Gasteiger partial charge on any atom is -0.505 e. The number of rotatable bonds is 6. The Morgan fingerprint density at radius 3 is 1.87 bits per heavy atom. The summed E-state index contributed by atoms with van der Waals surface area (Å²) in [4.78, 5) is 41.2. The van der Waals surface area contributed by atoms with E-state index in [0.29, 0.717) is 60.6 Å². The fourth-order valence-electron chi connectivity index (χ4n) is 8.02. The van der Waals surface area contributed by atoms with Gasteiger partial charge in [-0.3, -0.25) is 14.4 Å². The van der Waals surface area contributed by atoms with E-state index < -0.39 is 16.8 Å². The molecule has 9 heteroatoms. The van der Waals surface area contributed by atoms with Gasteiger partial charge in [0.25, 0.3) is 0 Å². The van der Waals surface area contributed by atoms with E-state index in [-0.39, 0.29) is 51.3 Å². The van der Waals surface area contributed by atoms with Crippen molar-refractivity contribution in [1.29, 1.82) is 0 Å². The van der Waals surface area contributed by atoms with E-state index in [1.54, 1.807) is 0 Å². The van der Waals surface area contributed by atoms with Crippen molar-refractivity contribution >= 4 is 60.6 Å². The van der Waals surface area contributed by atoms with E-state index in [0.717, 1.165) is 25.7 Å². The first-order valence-electron chi connectivity index (χ1n) is 15.2. The number of benzene rings is 5. The van der Waals surface area contributed by atoms with Gasteiger partial charge in [-0.2, -0.15) is 0 Å². The number of aromatic hydroxyl groups is 2. The number of carbonyl (C=O) groups is 1. The monoisotopic (exact) mass is 609 g/mol. The van der Waals surface area contributed by atoms with Gasteiger partial charge in [-0.25, -0.2) is 0 Å². The number of Topliss-reactive ketones (excluding diaryl/α,β-unsaturated/α-hetero) is 1. The molecule has 0 heterocycles. The molecule has 1 fully saturated rings. The number of allylic oxidation sites excluding steroid dienone is 1. The Morgan fingerprint density at radius 2 is 1.33 bits per heavy atom. The standard InChI is InChI=1S/C36H35NO8/c1-14-7-9-17(10-8-14)37-33-18-11-15(2)23(16(3)38)32-30-24(18)29-25(34(33)41)19(39)12-21(43-4)27(29)28-22(44-5)13-20(40)26(31(28)30)35(42)36(32)45-6/h11-14,17,23,37,41-42H,7-10H2,1-6H3. The van der Waals surface area contributed by atoms with Gasteiger partial charge in [0.1, 0.15) is 17.3 Å². The maximum atomic E-state index is 13.9. The SMILES string of the molecule is COc1c(O)c2c(=O)cc(OC)c3c4c(OC)cc(=O)c5c(O)c(NC6CCC(C)CC6)c6c(c(c1C(C(C)=O)C(C)=C6)c23)c54. The van der Waals surface area contributed by atoms with Crippen molar-refractivity contribution < 1.29 is 29.2 Å². The summed E-state index contributed by atoms with van der Waals surface area (Å²) < 4.78 is 17.3. The van der Waals surface area contributed by atoms with Crippen LogP contribution in [0.2, 0.25) is 0 Å². The van der Waals surface area contributed by atoms with Crippen molar-refractivity contribution in [3.05, 3.63) is 49.3 Å². The molecule has 0 radical (unpaired) electrons. The molecule has 1 saturated carbocycles. The summed E-state index contributed by atoms with van der Waals surface area (Å²) in [7, 11) is 4.27. The van der Waals surface area contributed by atoms with Gasteiger partial charge >= 0.3 is 0 Å². The predicted octanol–water partition coefficient (Wildman–Crippen LogP) is 6.41. The fraction of sp³-hybridized carbons (Fsp3) is 0.361. The molecule has 9 nitrogen and oxygen atoms in total. The third-order valence-electron chi connectivity index (χ3n) is 10.0. The number of nitrogens with one attached hydrogen (secondary N) is 1. The summed E-state index contributed by atoms with van der Waals surface area (Å²) in [5.74, 6) is -0.577. The third-order valence-corrected chi connectivity index (χ3v) is 10.0. The van der Waals surface area contributed by atoms with Gasteiger partial charge in [-0.1, -0.05) is 18.6 Å². The molecule has 3 N–H and O–H groups in total. The molecule has 0 saturated heterocycles. The maximum absolute atomic E-state index is 13.9. The van der Waals surface area contributed by atoms with Crippen LogP contribution in [-0.2, 0) is 4.79 Å². The van der Waals surface area contributed by atoms with Crippen molar-refractivity contribution in [3.63, 3.8) is 0 Å². The number of methoxy groups -OCH3 is 3. The Bertz CT molecular complexity index is 2230. The lowest BCUT2D eigenvalue weighted by atomic mass is 9.80. The van der Waals surface area contributed by atoms with E-state index in [2.05, 4.69) is 12.2 Å². The highest BCUT2D eigenvalue weighted by Crippen LogP contribution is 2.58. The van der Waals surface area contributed by atoms with E-state index in [9.17, 15) is 24.6 Å². The van der Waals surface area contributed by atoms with Crippen LogP contribution < -0.4 is 30.4 Å². The molecule has 5 aromatic rings. The lowest BCUT2D eigenvalue weighted by Gasteiger charge is -2.30. The third kappa shape index (κ3) is 3.82. The Morgan fingerprint density at radius 1 is 0.778 bits per heavy atom. The summed E-state index contributed by atoms with van der Waals surface area (Å²) in [6.07, 6.45) is 5.72. The maximum Gasteiger partial charge on any atom is 0.194 e. The first-order valence-corrected chi connectivity index (χ1v) is 15.2. The minimum atomic E-state index is -0.855. The predicted molar refractivity (Wildman–Crippen MR) is 176 cm³/mol. The summed E-state index contributed by atoms with van der Waals surface area (Å²) in [6, 6.07) is 2.67. The topological polar surface area (TPSA) is 131 Å². The molecule has 5 aromatic carbocycles. The van der Waals surface area contributed by atoms with Gasteiger partial charge in [0.15, 0.2) is 28.1 Å². The molecular formula is C36H35NO8. The largest absolute Gasteiger partial charge is 0.505 e. The van der Waals surface area contributed by atoms with Gasteiger partial charge in [0, 0.05) is 56.2 Å². The highest BCUT2D eigenvalue weighted by molar-refractivity contribution is 6.40. The zero-order valence-corrected chi connectivity index (χ0v) is 26.1. The summed E-state index contributed by atoms with van der Waals surface area (Å²) in [6.45, 7) is 5.53. The molecule has 7 rings (SSSR count). The Kier molecular flexibility index (Phi) is 6.51. The first kappa shape index (κ1) is 29.0. The lowest BCUT2D eigenvalue weighted by Crippen LogP contribution is -2.25. The Hall–Kier alpha value is -4.79. The van der Waals surface area contributed by atoms with E-state index in [1.807, 2.05) is 13.0 Å². The van der Waals surface area contributed by atoms with Crippen LogP contribution in [0.1, 0.15) is 63.5 Å². The molecule has 0 bridgehead atoms. The molecule has 1 unspecified atom stereocenters. The van der Waals surface area contributed by atoms with Crippen molar-refractivity contribution in [1.82, 2.24) is 0 Å². The van der Waals surface area contributed by atoms with Crippen LogP contribution in [0.15, 0.2) is 27.3 Å². The Balaban J connectivity index is 1.85. The van der Waals surface area contributed by atoms with Crippen LogP contribution in [0.25, 0.3) is 49.2 Å². The normalized spacial score (nSPS) is 19.8. The van der Waals surface area contributed by atoms with Gasteiger partial charge in [-0.15, -0.1) is 0 Å². The van der Waals surface area contributed by atoms with Crippen LogP contribution in [0.5, 0.6) is 28.7 Å². The van der Waals surface area contributed by atoms with Gasteiger partial charge in [-0.05, 0) is 50.8 Å². The van der Waals surface area contributed by atoms with Crippen LogP contribution >= 0.6 is 0 Å². The average molecular weight is 610 g/mol. The van der Waals surface area contributed by atoms with Crippen molar-refractivity contribution in [2.45, 2.75) is 58.4 Å². The zero-order chi connectivity index (χ0) is 32.1. The average Bonchev–Trinajstić information content (AvgIpc) is 3.14. The number of ether oxygens (including phenoxy) is 3. The molecule has 0 amide bonds. The molecule has 2 aliphatic carbocycles. The van der Waals surface area contributed by atoms with Crippen molar-refractivity contribution in [3.8, 4) is 28.7 Å². The molecular weight excluding hydrogens is 574 g/mol. The second-order valence-electron chi connectivity index (χ2n) is 12.6. The van der Waals surface area contributed by atoms with Crippen LogP contribution in [0, 0.1) is 5.92 Å². The summed E-state index contributed by atoms with van der Waals surface area (Å²) in [5, 5.41) is 30.1. The lowest BCUT2D eigenvalue weighted by molar-refractivity contribution is -0.117. The number of ketones is 1. The highest BCUT2D eigenvalue weighted by Gasteiger charge is 2.37. The molecule has 1 atom stereocenters. The van der Waals surface area contributed by atoms with E-state index >= 15 is 0 Å². The fourth-order valence-corrected chi connectivity index (χ4v) is 8.02. The second-order valence-corrected chi connectivity index (χ2v) is 12.6. The number of hydrogen-bond donors (Lipinski definition) is 3. The summed E-state index contributed by atoms with van der Waals surface area (Å²) >= 11 is 0.